The van der Waals surface area contributed by atoms with E-state index in [1.54, 1.807) is 16.2 Å². The maximum atomic E-state index is 13.0. The van der Waals surface area contributed by atoms with Crippen LogP contribution in [0.2, 0.25) is 0 Å². The normalized spacial score (nSPS) is 17.8. The maximum absolute atomic E-state index is 13.0. The third-order valence-corrected chi connectivity index (χ3v) is 6.39. The van der Waals surface area contributed by atoms with Crippen LogP contribution < -0.4 is 5.56 Å². The molecule has 8 heteroatoms. The zero-order chi connectivity index (χ0) is 18.3. The average Bonchev–Trinajstić information content (AvgIpc) is 3.23. The number of amides is 1. The van der Waals surface area contributed by atoms with E-state index in [1.165, 1.54) is 27.1 Å². The molecule has 136 valence electrons. The predicted octanol–water partition coefficient (Wildman–Crippen LogP) is 2.74. The number of carbonyl (C=O) groups is 1. The summed E-state index contributed by atoms with van der Waals surface area (Å²) in [6.07, 6.45) is 1.50. The van der Waals surface area contributed by atoms with Gasteiger partial charge in [-0.2, -0.15) is 0 Å². The minimum Gasteiger partial charge on any atom is -0.375 e. The number of morpholine rings is 1. The second-order valence-electron chi connectivity index (χ2n) is 6.44. The minimum atomic E-state index is -0.160. The highest BCUT2D eigenvalue weighted by Crippen LogP contribution is 2.34. The van der Waals surface area contributed by atoms with Crippen molar-refractivity contribution in [3.8, 4) is 10.4 Å². The van der Waals surface area contributed by atoms with Crippen LogP contribution in [0.5, 0.6) is 0 Å². The van der Waals surface area contributed by atoms with Crippen molar-refractivity contribution in [2.24, 2.45) is 0 Å². The molecule has 3 aromatic rings. The second kappa shape index (κ2) is 6.94. The molecule has 4 heterocycles. The highest BCUT2D eigenvalue weighted by atomic mass is 32.1. The predicted molar refractivity (Wildman–Crippen MR) is 104 cm³/mol. The molecule has 3 aromatic heterocycles. The van der Waals surface area contributed by atoms with Gasteiger partial charge in [0.25, 0.3) is 5.56 Å². The van der Waals surface area contributed by atoms with Crippen molar-refractivity contribution in [1.82, 2.24) is 14.5 Å². The molecule has 26 heavy (non-hydrogen) atoms. The molecule has 0 saturated carbocycles. The lowest BCUT2D eigenvalue weighted by Gasteiger charge is -2.31. The zero-order valence-corrected chi connectivity index (χ0v) is 16.2. The van der Waals surface area contributed by atoms with Crippen molar-refractivity contribution in [3.05, 3.63) is 39.1 Å². The second-order valence-corrected chi connectivity index (χ2v) is 8.58. The Labute approximate surface area is 158 Å². The lowest BCUT2D eigenvalue weighted by Crippen LogP contribution is -2.46. The van der Waals surface area contributed by atoms with Gasteiger partial charge in [0.15, 0.2) is 0 Å². The molecular formula is C18H19N3O3S2. The standard InChI is InChI=1S/C18H19N3O3S2/c1-11-7-20(5-6-24-11)15(22)8-21-10-19-17-16(18(21)23)13(9-25-17)14-4-3-12(2)26-14/h3-4,9-11H,5-8H2,1-2H3. The number of carbonyl (C=O) groups excluding carboxylic acids is 1. The molecule has 1 saturated heterocycles. The molecular weight excluding hydrogens is 370 g/mol. The first-order valence-electron chi connectivity index (χ1n) is 8.46. The molecule has 0 bridgehead atoms. The molecule has 0 spiro atoms. The van der Waals surface area contributed by atoms with Gasteiger partial charge in [-0.15, -0.1) is 22.7 Å². The molecule has 0 radical (unpaired) electrons. The van der Waals surface area contributed by atoms with Gasteiger partial charge in [0, 0.05) is 33.8 Å². The Kier molecular flexibility index (Phi) is 4.64. The van der Waals surface area contributed by atoms with Crippen molar-refractivity contribution in [2.75, 3.05) is 19.7 Å². The Balaban J connectivity index is 1.67. The fraction of sp³-hybridized carbons (Fsp3) is 0.389. The van der Waals surface area contributed by atoms with Crippen molar-refractivity contribution in [2.45, 2.75) is 26.5 Å². The van der Waals surface area contributed by atoms with Crippen LogP contribution in [0.4, 0.5) is 0 Å². The number of aryl methyl sites for hydroxylation is 1. The first kappa shape index (κ1) is 17.4. The Hall–Kier alpha value is -2.03. The van der Waals surface area contributed by atoms with Crippen LogP contribution in [0.25, 0.3) is 20.7 Å². The van der Waals surface area contributed by atoms with E-state index in [4.69, 9.17) is 4.74 Å². The molecule has 4 rings (SSSR count). The van der Waals surface area contributed by atoms with Crippen LogP contribution in [0.15, 0.2) is 28.6 Å². The fourth-order valence-electron chi connectivity index (χ4n) is 3.13. The lowest BCUT2D eigenvalue weighted by molar-refractivity contribution is -0.138. The topological polar surface area (TPSA) is 64.4 Å². The molecule has 0 aromatic carbocycles. The van der Waals surface area contributed by atoms with Gasteiger partial charge in [-0.25, -0.2) is 4.98 Å². The molecule has 0 N–H and O–H groups in total. The Bertz CT molecular complexity index is 1020. The van der Waals surface area contributed by atoms with Crippen LogP contribution in [0, 0.1) is 6.92 Å². The Morgan fingerprint density at radius 3 is 3.00 bits per heavy atom. The van der Waals surface area contributed by atoms with Crippen LogP contribution in [-0.2, 0) is 16.1 Å². The number of fused-ring (bicyclic) bond motifs is 1. The summed E-state index contributed by atoms with van der Waals surface area (Å²) in [4.78, 5) is 34.7. The van der Waals surface area contributed by atoms with Gasteiger partial charge in [-0.3, -0.25) is 14.2 Å². The fourth-order valence-corrected chi connectivity index (χ4v) is 4.99. The summed E-state index contributed by atoms with van der Waals surface area (Å²) in [6.45, 7) is 5.65. The van der Waals surface area contributed by atoms with Crippen molar-refractivity contribution in [1.29, 1.82) is 0 Å². The Morgan fingerprint density at radius 1 is 1.42 bits per heavy atom. The summed E-state index contributed by atoms with van der Waals surface area (Å²) in [5.74, 6) is -0.0767. The van der Waals surface area contributed by atoms with Gasteiger partial charge in [-0.1, -0.05) is 0 Å². The van der Waals surface area contributed by atoms with Gasteiger partial charge in [0.1, 0.15) is 11.4 Å². The van der Waals surface area contributed by atoms with Crippen molar-refractivity contribution in [3.63, 3.8) is 0 Å². The minimum absolute atomic E-state index is 0.00719. The highest BCUT2D eigenvalue weighted by molar-refractivity contribution is 7.19. The summed E-state index contributed by atoms with van der Waals surface area (Å²) in [5, 5.41) is 2.57. The summed E-state index contributed by atoms with van der Waals surface area (Å²) in [7, 11) is 0. The third-order valence-electron chi connectivity index (χ3n) is 4.47. The number of thiophene rings is 2. The van der Waals surface area contributed by atoms with Crippen LogP contribution in [-0.4, -0.2) is 46.2 Å². The van der Waals surface area contributed by atoms with Crippen LogP contribution in [0.3, 0.4) is 0 Å². The van der Waals surface area contributed by atoms with E-state index in [9.17, 15) is 9.59 Å². The summed E-state index contributed by atoms with van der Waals surface area (Å²) < 4.78 is 6.89. The lowest BCUT2D eigenvalue weighted by atomic mass is 10.2. The molecule has 1 amide bonds. The number of hydrogen-bond acceptors (Lipinski definition) is 6. The smallest absolute Gasteiger partial charge is 0.263 e. The number of rotatable bonds is 3. The Morgan fingerprint density at radius 2 is 2.27 bits per heavy atom. The number of nitrogens with zero attached hydrogens (tertiary/aromatic N) is 3. The third kappa shape index (κ3) is 3.20. The first-order valence-corrected chi connectivity index (χ1v) is 10.2. The van der Waals surface area contributed by atoms with E-state index >= 15 is 0 Å². The zero-order valence-electron chi connectivity index (χ0n) is 14.6. The quantitative estimate of drug-likeness (QED) is 0.691. The van der Waals surface area contributed by atoms with E-state index in [-0.39, 0.29) is 24.1 Å². The highest BCUT2D eigenvalue weighted by Gasteiger charge is 2.22. The van der Waals surface area contributed by atoms with E-state index in [1.807, 2.05) is 31.4 Å². The molecule has 6 nitrogen and oxygen atoms in total. The molecule has 0 aliphatic carbocycles. The monoisotopic (exact) mass is 389 g/mol. The first-order chi connectivity index (χ1) is 12.5. The van der Waals surface area contributed by atoms with Gasteiger partial charge >= 0.3 is 0 Å². The van der Waals surface area contributed by atoms with Crippen LogP contribution >= 0.6 is 22.7 Å². The summed E-state index contributed by atoms with van der Waals surface area (Å²) in [6, 6.07) is 4.07. The van der Waals surface area contributed by atoms with Gasteiger partial charge in [0.05, 0.1) is 24.4 Å². The molecule has 1 unspecified atom stereocenters. The van der Waals surface area contributed by atoms with E-state index in [2.05, 4.69) is 4.98 Å². The number of aromatic nitrogens is 2. The maximum Gasteiger partial charge on any atom is 0.263 e. The number of ether oxygens (including phenoxy) is 1. The molecule has 1 aliphatic heterocycles. The summed E-state index contributed by atoms with van der Waals surface area (Å²) in [5.41, 5.74) is 0.745. The van der Waals surface area contributed by atoms with E-state index < -0.39 is 0 Å². The van der Waals surface area contributed by atoms with Crippen molar-refractivity contribution >= 4 is 38.8 Å². The van der Waals surface area contributed by atoms with Gasteiger partial charge in [0.2, 0.25) is 5.91 Å². The van der Waals surface area contributed by atoms with Crippen LogP contribution in [0.1, 0.15) is 11.8 Å². The molecule has 1 atom stereocenters. The number of hydrogen-bond donors (Lipinski definition) is 0. The summed E-state index contributed by atoms with van der Waals surface area (Å²) >= 11 is 3.11. The molecule has 1 fully saturated rings. The largest absolute Gasteiger partial charge is 0.375 e. The van der Waals surface area contributed by atoms with Gasteiger partial charge < -0.3 is 9.64 Å². The van der Waals surface area contributed by atoms with E-state index in [0.717, 1.165) is 10.4 Å². The van der Waals surface area contributed by atoms with Gasteiger partial charge in [-0.05, 0) is 26.0 Å². The molecule has 1 aliphatic rings. The SMILES string of the molecule is Cc1ccc(-c2csc3ncn(CC(=O)N4CCOC(C)C4)c(=O)c23)s1. The van der Waals surface area contributed by atoms with E-state index in [0.29, 0.717) is 29.9 Å². The average molecular weight is 390 g/mol. The van der Waals surface area contributed by atoms with Crippen molar-refractivity contribution < 1.29 is 9.53 Å².